The number of amides is 3. The van der Waals surface area contributed by atoms with Crippen molar-refractivity contribution in [1.29, 1.82) is 0 Å². The summed E-state index contributed by atoms with van der Waals surface area (Å²) in [5.74, 6) is 0.538. The van der Waals surface area contributed by atoms with Crippen LogP contribution in [0, 0.1) is 17.3 Å². The number of likely N-dealkylation sites (tertiary alicyclic amines) is 1. The Morgan fingerprint density at radius 1 is 1.16 bits per heavy atom. The molecule has 2 rings (SSSR count). The van der Waals surface area contributed by atoms with Crippen LogP contribution in [0.15, 0.2) is 24.3 Å². The molecule has 0 unspecified atom stereocenters. The highest BCUT2D eigenvalue weighted by Crippen LogP contribution is 2.25. The van der Waals surface area contributed by atoms with Gasteiger partial charge in [-0.3, -0.25) is 14.4 Å². The maximum absolute atomic E-state index is 13.0. The number of hydrogen-bond donors (Lipinski definition) is 2. The van der Waals surface area contributed by atoms with Gasteiger partial charge in [0.15, 0.2) is 0 Å². The highest BCUT2D eigenvalue weighted by molar-refractivity contribution is 5.98. The molecule has 1 aromatic rings. The number of benzene rings is 1. The van der Waals surface area contributed by atoms with Crippen LogP contribution in [0.5, 0.6) is 5.75 Å². The first kappa shape index (κ1) is 25.7. The molecule has 7 heteroatoms. The van der Waals surface area contributed by atoms with Crippen LogP contribution in [0.2, 0.25) is 0 Å². The molecular formula is C25H39N3O4. The number of carbonyl (C=O) groups excluding carboxylic acids is 3. The number of nitrogens with one attached hydrogen (secondary N) is 2. The maximum Gasteiger partial charge on any atom is 0.252 e. The molecule has 7 nitrogen and oxygen atoms in total. The molecule has 1 fully saturated rings. The second-order valence-electron chi connectivity index (χ2n) is 10.3. The van der Waals surface area contributed by atoms with E-state index in [0.717, 1.165) is 0 Å². The van der Waals surface area contributed by atoms with Crippen LogP contribution in [0.3, 0.4) is 0 Å². The van der Waals surface area contributed by atoms with Gasteiger partial charge in [0.05, 0.1) is 7.11 Å². The highest BCUT2D eigenvalue weighted by Gasteiger charge is 2.34. The summed E-state index contributed by atoms with van der Waals surface area (Å²) in [7, 11) is 1.55. The third kappa shape index (κ3) is 7.84. The van der Waals surface area contributed by atoms with E-state index in [-0.39, 0.29) is 29.1 Å². The fraction of sp³-hybridized carbons (Fsp3) is 0.640. The number of ether oxygens (including phenoxy) is 1. The monoisotopic (exact) mass is 445 g/mol. The average Bonchev–Trinajstić information content (AvgIpc) is 2.74. The highest BCUT2D eigenvalue weighted by atomic mass is 16.5. The van der Waals surface area contributed by atoms with Crippen molar-refractivity contribution in [2.75, 3.05) is 26.7 Å². The van der Waals surface area contributed by atoms with Crippen LogP contribution < -0.4 is 15.4 Å². The number of methoxy groups -OCH3 is 1. The van der Waals surface area contributed by atoms with Crippen molar-refractivity contribution in [3.8, 4) is 5.75 Å². The van der Waals surface area contributed by atoms with Gasteiger partial charge in [-0.15, -0.1) is 0 Å². The summed E-state index contributed by atoms with van der Waals surface area (Å²) in [4.78, 5) is 40.4. The zero-order valence-electron chi connectivity index (χ0n) is 20.4. The van der Waals surface area contributed by atoms with E-state index in [0.29, 0.717) is 56.1 Å². The predicted octanol–water partition coefficient (Wildman–Crippen LogP) is 3.24. The summed E-state index contributed by atoms with van der Waals surface area (Å²) in [5, 5.41) is 5.92. The van der Waals surface area contributed by atoms with Crippen molar-refractivity contribution in [3.63, 3.8) is 0 Å². The Morgan fingerprint density at radius 2 is 1.81 bits per heavy atom. The van der Waals surface area contributed by atoms with E-state index in [1.807, 2.05) is 18.7 Å². The third-order valence-corrected chi connectivity index (χ3v) is 5.63. The molecule has 0 spiro atoms. The molecular weight excluding hydrogens is 406 g/mol. The van der Waals surface area contributed by atoms with Crippen molar-refractivity contribution < 1.29 is 19.1 Å². The van der Waals surface area contributed by atoms with Crippen LogP contribution in [0.4, 0.5) is 0 Å². The Bertz CT molecular complexity index is 793. The molecule has 0 aromatic heterocycles. The molecule has 2 N–H and O–H groups in total. The Balaban J connectivity index is 2.09. The molecule has 0 aliphatic carbocycles. The van der Waals surface area contributed by atoms with Gasteiger partial charge in [-0.1, -0.05) is 40.7 Å². The molecule has 1 heterocycles. The Kier molecular flexibility index (Phi) is 9.10. The molecule has 3 amide bonds. The lowest BCUT2D eigenvalue weighted by molar-refractivity contribution is -0.134. The fourth-order valence-corrected chi connectivity index (χ4v) is 3.85. The number of hydrogen-bond acceptors (Lipinski definition) is 4. The first-order chi connectivity index (χ1) is 15.0. The van der Waals surface area contributed by atoms with Crippen molar-refractivity contribution in [1.82, 2.24) is 15.5 Å². The minimum Gasteiger partial charge on any atom is -0.497 e. The quantitative estimate of drug-likeness (QED) is 0.643. The normalized spacial score (nSPS) is 15.9. The number of nitrogens with zero attached hydrogens (tertiary/aromatic N) is 1. The van der Waals surface area contributed by atoms with Crippen molar-refractivity contribution >= 4 is 17.7 Å². The third-order valence-electron chi connectivity index (χ3n) is 5.63. The molecule has 1 atom stereocenters. The van der Waals surface area contributed by atoms with Crippen LogP contribution in [0.1, 0.15) is 64.2 Å². The van der Waals surface area contributed by atoms with Crippen molar-refractivity contribution in [2.24, 2.45) is 17.3 Å². The van der Waals surface area contributed by atoms with E-state index < -0.39 is 6.04 Å². The van der Waals surface area contributed by atoms with Crippen LogP contribution >= 0.6 is 0 Å². The Hall–Kier alpha value is -2.57. The van der Waals surface area contributed by atoms with Gasteiger partial charge in [0.1, 0.15) is 11.8 Å². The molecule has 178 valence electrons. The van der Waals surface area contributed by atoms with Gasteiger partial charge in [-0.25, -0.2) is 0 Å². The van der Waals surface area contributed by atoms with Gasteiger partial charge in [-0.2, -0.15) is 0 Å². The van der Waals surface area contributed by atoms with E-state index >= 15 is 0 Å². The molecule has 1 aliphatic heterocycles. The lowest BCUT2D eigenvalue weighted by atomic mass is 9.87. The fourth-order valence-electron chi connectivity index (χ4n) is 3.85. The zero-order chi connectivity index (χ0) is 23.9. The zero-order valence-corrected chi connectivity index (χ0v) is 20.4. The summed E-state index contributed by atoms with van der Waals surface area (Å²) in [5.41, 5.74) is 0.390. The SMILES string of the molecule is COc1cccc(C(=O)N[C@H](C(=O)NCC(C)C)C2CCN(C(=O)CC(C)(C)C)CC2)c1. The van der Waals surface area contributed by atoms with Gasteiger partial charge in [0.2, 0.25) is 11.8 Å². The summed E-state index contributed by atoms with van der Waals surface area (Å²) in [6.07, 6.45) is 1.85. The lowest BCUT2D eigenvalue weighted by Crippen LogP contribution is -2.54. The van der Waals surface area contributed by atoms with E-state index in [1.54, 1.807) is 31.4 Å². The molecule has 0 saturated carbocycles. The first-order valence-corrected chi connectivity index (χ1v) is 11.5. The van der Waals surface area contributed by atoms with Crippen LogP contribution in [0.25, 0.3) is 0 Å². The minimum absolute atomic E-state index is 0.0320. The summed E-state index contributed by atoms with van der Waals surface area (Å²) >= 11 is 0. The predicted molar refractivity (Wildman–Crippen MR) is 125 cm³/mol. The van der Waals surface area contributed by atoms with E-state index in [2.05, 4.69) is 31.4 Å². The molecule has 0 radical (unpaired) electrons. The van der Waals surface area contributed by atoms with E-state index in [1.165, 1.54) is 0 Å². The molecule has 32 heavy (non-hydrogen) atoms. The first-order valence-electron chi connectivity index (χ1n) is 11.5. The van der Waals surface area contributed by atoms with E-state index in [9.17, 15) is 14.4 Å². The molecule has 1 aromatic carbocycles. The summed E-state index contributed by atoms with van der Waals surface area (Å²) in [6, 6.07) is 6.24. The van der Waals surface area contributed by atoms with Gasteiger partial charge >= 0.3 is 0 Å². The number of piperidine rings is 1. The second-order valence-corrected chi connectivity index (χ2v) is 10.3. The molecule has 1 saturated heterocycles. The smallest absolute Gasteiger partial charge is 0.252 e. The summed E-state index contributed by atoms with van der Waals surface area (Å²) in [6.45, 7) is 12.0. The molecule has 0 bridgehead atoms. The topological polar surface area (TPSA) is 87.7 Å². The lowest BCUT2D eigenvalue weighted by Gasteiger charge is -2.37. The van der Waals surface area contributed by atoms with E-state index in [4.69, 9.17) is 4.74 Å². The van der Waals surface area contributed by atoms with Gasteiger partial charge in [-0.05, 0) is 48.3 Å². The second kappa shape index (κ2) is 11.3. The maximum atomic E-state index is 13.0. The van der Waals surface area contributed by atoms with Crippen molar-refractivity contribution in [3.05, 3.63) is 29.8 Å². The Labute approximate surface area is 192 Å². The largest absolute Gasteiger partial charge is 0.497 e. The molecule has 1 aliphatic rings. The summed E-state index contributed by atoms with van der Waals surface area (Å²) < 4.78 is 5.21. The minimum atomic E-state index is -0.646. The van der Waals surface area contributed by atoms with Gasteiger partial charge in [0.25, 0.3) is 5.91 Å². The van der Waals surface area contributed by atoms with Crippen molar-refractivity contribution in [2.45, 2.75) is 59.9 Å². The van der Waals surface area contributed by atoms with Gasteiger partial charge in [0, 0.05) is 31.6 Å². The number of carbonyl (C=O) groups is 3. The number of rotatable bonds is 8. The Morgan fingerprint density at radius 3 is 2.38 bits per heavy atom. The standard InChI is InChI=1S/C25H39N3O4/c1-17(2)16-26-24(31)22(27-23(30)19-8-7-9-20(14-19)32-6)18-10-12-28(13-11-18)21(29)15-25(3,4)5/h7-9,14,17-18,22H,10-13,15-16H2,1-6H3,(H,26,31)(H,27,30)/t22-/m0/s1. The van der Waals surface area contributed by atoms with Crippen LogP contribution in [-0.2, 0) is 9.59 Å². The average molecular weight is 446 g/mol. The van der Waals surface area contributed by atoms with Gasteiger partial charge < -0.3 is 20.3 Å². The van der Waals surface area contributed by atoms with Crippen LogP contribution in [-0.4, -0.2) is 55.4 Å².